The SMILES string of the molecule is Cc1nn(-c2cccnn2)c(Cl)c1C#N. The number of hydrogen-bond acceptors (Lipinski definition) is 4. The van der Waals surface area contributed by atoms with E-state index in [1.807, 2.05) is 6.07 Å². The van der Waals surface area contributed by atoms with Gasteiger partial charge in [0.1, 0.15) is 11.6 Å². The highest BCUT2D eigenvalue weighted by molar-refractivity contribution is 6.31. The van der Waals surface area contributed by atoms with E-state index in [9.17, 15) is 0 Å². The van der Waals surface area contributed by atoms with Crippen LogP contribution in [0.2, 0.25) is 5.15 Å². The average Bonchev–Trinajstić information content (AvgIpc) is 2.55. The molecular formula is C9H6ClN5. The molecule has 0 saturated heterocycles. The third-order valence-corrected chi connectivity index (χ3v) is 2.24. The van der Waals surface area contributed by atoms with Crippen molar-refractivity contribution >= 4 is 11.6 Å². The summed E-state index contributed by atoms with van der Waals surface area (Å²) in [5.41, 5.74) is 0.940. The molecule has 0 aromatic carbocycles. The lowest BCUT2D eigenvalue weighted by atomic mass is 10.3. The molecule has 0 aliphatic heterocycles. The van der Waals surface area contributed by atoms with Gasteiger partial charge < -0.3 is 0 Å². The maximum atomic E-state index is 8.84. The summed E-state index contributed by atoms with van der Waals surface area (Å²) in [6, 6.07) is 5.43. The molecule has 0 amide bonds. The van der Waals surface area contributed by atoms with Gasteiger partial charge in [0.2, 0.25) is 0 Å². The van der Waals surface area contributed by atoms with Gasteiger partial charge in [-0.15, -0.1) is 5.10 Å². The van der Waals surface area contributed by atoms with Crippen molar-refractivity contribution in [2.24, 2.45) is 0 Å². The molecule has 0 spiro atoms. The molecule has 74 valence electrons. The molecule has 6 heteroatoms. The summed E-state index contributed by atoms with van der Waals surface area (Å²) in [4.78, 5) is 0. The molecule has 2 heterocycles. The highest BCUT2D eigenvalue weighted by Gasteiger charge is 2.14. The smallest absolute Gasteiger partial charge is 0.177 e. The molecule has 15 heavy (non-hydrogen) atoms. The summed E-state index contributed by atoms with van der Waals surface area (Å²) in [6.07, 6.45) is 1.55. The molecule has 0 bridgehead atoms. The number of aryl methyl sites for hydroxylation is 1. The molecule has 0 unspecified atom stereocenters. The minimum Gasteiger partial charge on any atom is -0.200 e. The van der Waals surface area contributed by atoms with Crippen LogP contribution in [0.25, 0.3) is 5.82 Å². The van der Waals surface area contributed by atoms with Crippen LogP contribution in [0.3, 0.4) is 0 Å². The van der Waals surface area contributed by atoms with Crippen molar-refractivity contribution in [1.29, 1.82) is 5.26 Å². The zero-order chi connectivity index (χ0) is 10.8. The Bertz CT molecular complexity index is 525. The van der Waals surface area contributed by atoms with Crippen molar-refractivity contribution in [3.63, 3.8) is 0 Å². The maximum Gasteiger partial charge on any atom is 0.177 e. The minimum absolute atomic E-state index is 0.260. The Kier molecular flexibility index (Phi) is 2.35. The van der Waals surface area contributed by atoms with E-state index in [1.165, 1.54) is 4.68 Å². The summed E-state index contributed by atoms with van der Waals surface area (Å²) in [7, 11) is 0. The number of aromatic nitrogens is 4. The Labute approximate surface area is 90.9 Å². The lowest BCUT2D eigenvalue weighted by molar-refractivity contribution is 0.804. The summed E-state index contributed by atoms with van der Waals surface area (Å²) in [6.45, 7) is 1.72. The fourth-order valence-electron chi connectivity index (χ4n) is 1.18. The van der Waals surface area contributed by atoms with Crippen molar-refractivity contribution in [1.82, 2.24) is 20.0 Å². The van der Waals surface area contributed by atoms with Crippen LogP contribution in [0.1, 0.15) is 11.3 Å². The van der Waals surface area contributed by atoms with Crippen LogP contribution in [0, 0.1) is 18.3 Å². The second-order valence-electron chi connectivity index (χ2n) is 2.86. The van der Waals surface area contributed by atoms with E-state index in [1.54, 1.807) is 25.3 Å². The van der Waals surface area contributed by atoms with Crippen molar-refractivity contribution in [3.8, 4) is 11.9 Å². The fourth-order valence-corrected chi connectivity index (χ4v) is 1.49. The fraction of sp³-hybridized carbons (Fsp3) is 0.111. The van der Waals surface area contributed by atoms with Crippen molar-refractivity contribution in [2.75, 3.05) is 0 Å². The Morgan fingerprint density at radius 1 is 1.53 bits per heavy atom. The Morgan fingerprint density at radius 3 is 2.87 bits per heavy atom. The van der Waals surface area contributed by atoms with Gasteiger partial charge in [-0.25, -0.2) is 4.68 Å². The van der Waals surface area contributed by atoms with Gasteiger partial charge in [0.15, 0.2) is 11.0 Å². The first-order valence-electron chi connectivity index (χ1n) is 4.17. The number of rotatable bonds is 1. The van der Waals surface area contributed by atoms with E-state index in [2.05, 4.69) is 15.3 Å². The third kappa shape index (κ3) is 1.55. The maximum absolute atomic E-state index is 8.84. The molecule has 0 aliphatic carbocycles. The third-order valence-electron chi connectivity index (χ3n) is 1.89. The van der Waals surface area contributed by atoms with Gasteiger partial charge in [-0.05, 0) is 19.1 Å². The van der Waals surface area contributed by atoms with Crippen molar-refractivity contribution in [2.45, 2.75) is 6.92 Å². The summed E-state index contributed by atoms with van der Waals surface area (Å²) in [5, 5.41) is 20.8. The van der Waals surface area contributed by atoms with Crippen LogP contribution in [0.4, 0.5) is 0 Å². The molecule has 0 atom stereocenters. The summed E-state index contributed by atoms with van der Waals surface area (Å²) < 4.78 is 1.39. The molecule has 2 aromatic rings. The predicted molar refractivity (Wildman–Crippen MR) is 53.6 cm³/mol. The van der Waals surface area contributed by atoms with Crippen LogP contribution >= 0.6 is 11.6 Å². The second kappa shape index (κ2) is 3.67. The Hall–Kier alpha value is -1.93. The molecule has 2 aromatic heterocycles. The summed E-state index contributed by atoms with van der Waals surface area (Å²) in [5.74, 6) is 0.493. The first kappa shape index (κ1) is 9.62. The van der Waals surface area contributed by atoms with Crippen LogP contribution < -0.4 is 0 Å². The van der Waals surface area contributed by atoms with Crippen molar-refractivity contribution in [3.05, 3.63) is 34.7 Å². The predicted octanol–water partition coefficient (Wildman–Crippen LogP) is 1.50. The Morgan fingerprint density at radius 2 is 2.33 bits per heavy atom. The van der Waals surface area contributed by atoms with Gasteiger partial charge in [-0.2, -0.15) is 15.5 Å². The summed E-state index contributed by atoms with van der Waals surface area (Å²) >= 11 is 5.97. The molecule has 2 rings (SSSR count). The van der Waals surface area contributed by atoms with Gasteiger partial charge in [0.25, 0.3) is 0 Å². The first-order chi connectivity index (χ1) is 7.24. The van der Waals surface area contributed by atoms with Crippen LogP contribution in [-0.2, 0) is 0 Å². The molecular weight excluding hydrogens is 214 g/mol. The van der Waals surface area contributed by atoms with Gasteiger partial charge >= 0.3 is 0 Å². The van der Waals surface area contributed by atoms with Crippen LogP contribution in [0.5, 0.6) is 0 Å². The largest absolute Gasteiger partial charge is 0.200 e. The van der Waals surface area contributed by atoms with E-state index < -0.39 is 0 Å². The molecule has 0 N–H and O–H groups in total. The normalized spacial score (nSPS) is 9.93. The van der Waals surface area contributed by atoms with Crippen LogP contribution in [0.15, 0.2) is 18.3 Å². The average molecular weight is 220 g/mol. The van der Waals surface area contributed by atoms with Crippen molar-refractivity contribution < 1.29 is 0 Å². The van der Waals surface area contributed by atoms with E-state index in [0.717, 1.165) is 0 Å². The topological polar surface area (TPSA) is 67.4 Å². The zero-order valence-corrected chi connectivity index (χ0v) is 8.60. The zero-order valence-electron chi connectivity index (χ0n) is 7.85. The molecule has 5 nitrogen and oxygen atoms in total. The monoisotopic (exact) mass is 219 g/mol. The van der Waals surface area contributed by atoms with E-state index in [4.69, 9.17) is 16.9 Å². The van der Waals surface area contributed by atoms with E-state index in [0.29, 0.717) is 17.1 Å². The van der Waals surface area contributed by atoms with E-state index >= 15 is 0 Å². The second-order valence-corrected chi connectivity index (χ2v) is 3.21. The van der Waals surface area contributed by atoms with Crippen LogP contribution in [-0.4, -0.2) is 20.0 Å². The van der Waals surface area contributed by atoms with E-state index in [-0.39, 0.29) is 5.15 Å². The van der Waals surface area contributed by atoms with Gasteiger partial charge in [-0.3, -0.25) is 0 Å². The number of nitrogens with zero attached hydrogens (tertiary/aromatic N) is 5. The highest BCUT2D eigenvalue weighted by atomic mass is 35.5. The lowest BCUT2D eigenvalue weighted by Crippen LogP contribution is -2.00. The number of nitriles is 1. The molecule has 0 saturated carbocycles. The van der Waals surface area contributed by atoms with Gasteiger partial charge in [-0.1, -0.05) is 11.6 Å². The first-order valence-corrected chi connectivity index (χ1v) is 4.55. The van der Waals surface area contributed by atoms with Gasteiger partial charge in [0, 0.05) is 6.20 Å². The standard InChI is InChI=1S/C9H6ClN5/c1-6-7(5-11)9(10)15(14-6)8-3-2-4-12-13-8/h2-4H,1H3. The Balaban J connectivity index is 2.62. The molecule has 0 radical (unpaired) electrons. The van der Waals surface area contributed by atoms with Gasteiger partial charge in [0.05, 0.1) is 5.69 Å². The molecule has 0 aliphatic rings. The molecule has 0 fully saturated rings. The number of hydrogen-bond donors (Lipinski definition) is 0. The minimum atomic E-state index is 0.260. The highest BCUT2D eigenvalue weighted by Crippen LogP contribution is 2.20. The number of halogens is 1. The quantitative estimate of drug-likeness (QED) is 0.729. The lowest BCUT2D eigenvalue weighted by Gasteiger charge is -1.98.